The summed E-state index contributed by atoms with van der Waals surface area (Å²) in [7, 11) is 0. The van der Waals surface area contributed by atoms with Crippen LogP contribution in [-0.2, 0) is 4.79 Å². The predicted octanol–water partition coefficient (Wildman–Crippen LogP) is 3.64. The van der Waals surface area contributed by atoms with Gasteiger partial charge < -0.3 is 0 Å². The van der Waals surface area contributed by atoms with Crippen molar-refractivity contribution in [1.82, 2.24) is 4.68 Å². The average Bonchev–Trinajstić information content (AvgIpc) is 2.92. The molecule has 2 heterocycles. The highest BCUT2D eigenvalue weighted by atomic mass is 32.2. The quantitative estimate of drug-likeness (QED) is 0.625. The van der Waals surface area contributed by atoms with E-state index in [0.717, 1.165) is 17.0 Å². The van der Waals surface area contributed by atoms with Crippen molar-refractivity contribution in [2.75, 3.05) is 5.01 Å². The van der Waals surface area contributed by atoms with Gasteiger partial charge in [0, 0.05) is 11.4 Å². The van der Waals surface area contributed by atoms with Crippen LogP contribution in [0.4, 0.5) is 0 Å². The molecule has 1 saturated heterocycles. The Kier molecular flexibility index (Phi) is 3.69. The van der Waals surface area contributed by atoms with Crippen LogP contribution in [0.25, 0.3) is 6.08 Å². The van der Waals surface area contributed by atoms with Gasteiger partial charge in [0.15, 0.2) is 4.32 Å². The fraction of sp³-hybridized carbons (Fsp3) is 0.125. The number of rotatable bonds is 2. The van der Waals surface area contributed by atoms with E-state index in [1.54, 1.807) is 5.01 Å². The summed E-state index contributed by atoms with van der Waals surface area (Å²) >= 11 is 6.72. The van der Waals surface area contributed by atoms with E-state index >= 15 is 0 Å². The Labute approximate surface area is 133 Å². The molecular weight excluding hydrogens is 300 g/mol. The van der Waals surface area contributed by atoms with E-state index in [1.807, 2.05) is 67.1 Å². The Morgan fingerprint density at radius 3 is 2.29 bits per heavy atom. The van der Waals surface area contributed by atoms with Gasteiger partial charge in [0.25, 0.3) is 5.91 Å². The third-order valence-corrected chi connectivity index (χ3v) is 4.59. The van der Waals surface area contributed by atoms with Crippen LogP contribution in [0.15, 0.2) is 47.4 Å². The number of nitrogens with zero attached hydrogens (tertiary/aromatic N) is 2. The highest BCUT2D eigenvalue weighted by Crippen LogP contribution is 2.32. The van der Waals surface area contributed by atoms with E-state index in [0.29, 0.717) is 9.23 Å². The van der Waals surface area contributed by atoms with Crippen LogP contribution in [0.3, 0.4) is 0 Å². The minimum atomic E-state index is -0.0729. The van der Waals surface area contributed by atoms with Gasteiger partial charge in [-0.1, -0.05) is 42.1 Å². The predicted molar refractivity (Wildman–Crippen MR) is 91.7 cm³/mol. The Morgan fingerprint density at radius 1 is 1.05 bits per heavy atom. The summed E-state index contributed by atoms with van der Waals surface area (Å²) in [5.41, 5.74) is 2.98. The first-order valence-electron chi connectivity index (χ1n) is 6.56. The van der Waals surface area contributed by atoms with Crippen LogP contribution < -0.4 is 5.01 Å². The molecule has 3 nitrogen and oxygen atoms in total. The summed E-state index contributed by atoms with van der Waals surface area (Å²) in [5, 5.41) is 1.57. The molecule has 3 rings (SSSR count). The number of carbonyl (C=O) groups excluding carboxylic acids is 1. The first-order chi connectivity index (χ1) is 10.1. The lowest BCUT2D eigenvalue weighted by molar-refractivity contribution is -0.114. The summed E-state index contributed by atoms with van der Waals surface area (Å²) < 4.78 is 2.42. The van der Waals surface area contributed by atoms with Crippen LogP contribution in [0.2, 0.25) is 0 Å². The molecule has 1 amide bonds. The molecule has 0 spiro atoms. The van der Waals surface area contributed by atoms with Gasteiger partial charge in [-0.3, -0.25) is 9.47 Å². The molecule has 1 fully saturated rings. The van der Waals surface area contributed by atoms with Crippen molar-refractivity contribution < 1.29 is 4.79 Å². The monoisotopic (exact) mass is 314 g/mol. The molecule has 5 heteroatoms. The molecule has 0 unspecified atom stereocenters. The molecule has 0 atom stereocenters. The molecule has 0 radical (unpaired) electrons. The number of thiocarbonyl (C=S) groups is 1. The van der Waals surface area contributed by atoms with E-state index in [-0.39, 0.29) is 5.91 Å². The van der Waals surface area contributed by atoms with Gasteiger partial charge in [-0.25, -0.2) is 0 Å². The Bertz CT molecular complexity index is 727. The SMILES string of the molecule is Cc1ccc(C)n1N1C(=O)/C(=C\c2ccccc2)SC1=S. The summed E-state index contributed by atoms with van der Waals surface area (Å²) in [6.07, 6.45) is 1.88. The number of hydrogen-bond donors (Lipinski definition) is 0. The van der Waals surface area contributed by atoms with Gasteiger partial charge in [0.1, 0.15) is 0 Å². The Balaban J connectivity index is 1.99. The van der Waals surface area contributed by atoms with Gasteiger partial charge >= 0.3 is 0 Å². The molecule has 21 heavy (non-hydrogen) atoms. The number of amides is 1. The van der Waals surface area contributed by atoms with Crippen molar-refractivity contribution in [2.24, 2.45) is 0 Å². The van der Waals surface area contributed by atoms with Crippen molar-refractivity contribution in [1.29, 1.82) is 0 Å². The molecule has 1 aromatic carbocycles. The van der Waals surface area contributed by atoms with E-state index in [2.05, 4.69) is 0 Å². The fourth-order valence-electron chi connectivity index (χ4n) is 2.31. The van der Waals surface area contributed by atoms with Crippen molar-refractivity contribution in [3.8, 4) is 0 Å². The maximum atomic E-state index is 12.7. The molecule has 2 aromatic rings. The zero-order valence-corrected chi connectivity index (χ0v) is 13.4. The Morgan fingerprint density at radius 2 is 1.67 bits per heavy atom. The lowest BCUT2D eigenvalue weighted by Crippen LogP contribution is -2.39. The van der Waals surface area contributed by atoms with Gasteiger partial charge in [-0.2, -0.15) is 5.01 Å². The highest BCUT2D eigenvalue weighted by molar-refractivity contribution is 8.27. The summed E-state index contributed by atoms with van der Waals surface area (Å²) in [6, 6.07) is 13.8. The first-order valence-corrected chi connectivity index (χ1v) is 7.78. The van der Waals surface area contributed by atoms with Crippen molar-refractivity contribution in [3.63, 3.8) is 0 Å². The van der Waals surface area contributed by atoms with Gasteiger partial charge in [-0.05, 0) is 49.8 Å². The number of aromatic nitrogens is 1. The maximum absolute atomic E-state index is 12.7. The summed E-state index contributed by atoms with van der Waals surface area (Å²) in [6.45, 7) is 3.93. The average molecular weight is 314 g/mol. The lowest BCUT2D eigenvalue weighted by atomic mass is 10.2. The molecule has 1 aliphatic heterocycles. The van der Waals surface area contributed by atoms with Crippen molar-refractivity contribution in [2.45, 2.75) is 13.8 Å². The molecule has 1 aromatic heterocycles. The molecule has 0 bridgehead atoms. The third kappa shape index (κ3) is 2.54. The molecular formula is C16H14N2OS2. The number of hydrogen-bond acceptors (Lipinski definition) is 3. The number of benzene rings is 1. The second kappa shape index (κ2) is 5.50. The minimum Gasteiger partial charge on any atom is -0.266 e. The number of thioether (sulfide) groups is 1. The fourth-order valence-corrected chi connectivity index (χ4v) is 3.55. The van der Waals surface area contributed by atoms with Gasteiger partial charge in [0.2, 0.25) is 0 Å². The largest absolute Gasteiger partial charge is 0.285 e. The minimum absolute atomic E-state index is 0.0729. The van der Waals surface area contributed by atoms with Crippen LogP contribution in [0.1, 0.15) is 17.0 Å². The van der Waals surface area contributed by atoms with Crippen LogP contribution >= 0.6 is 24.0 Å². The van der Waals surface area contributed by atoms with Gasteiger partial charge in [-0.15, -0.1) is 0 Å². The van der Waals surface area contributed by atoms with Crippen molar-refractivity contribution in [3.05, 3.63) is 64.3 Å². The summed E-state index contributed by atoms with van der Waals surface area (Å²) in [4.78, 5) is 13.3. The van der Waals surface area contributed by atoms with E-state index in [1.165, 1.54) is 11.8 Å². The normalized spacial score (nSPS) is 17.0. The highest BCUT2D eigenvalue weighted by Gasteiger charge is 2.34. The van der Waals surface area contributed by atoms with E-state index in [4.69, 9.17) is 12.2 Å². The zero-order chi connectivity index (χ0) is 15.0. The molecule has 1 aliphatic rings. The molecule has 0 saturated carbocycles. The standard InChI is InChI=1S/C16H14N2OS2/c1-11-8-9-12(2)17(11)18-15(19)14(21-16(18)20)10-13-6-4-3-5-7-13/h3-10H,1-2H3/b14-10+. The van der Waals surface area contributed by atoms with Crippen LogP contribution in [0, 0.1) is 13.8 Å². The lowest BCUT2D eigenvalue weighted by Gasteiger charge is -2.20. The topological polar surface area (TPSA) is 25.2 Å². The molecule has 0 N–H and O–H groups in total. The zero-order valence-electron chi connectivity index (χ0n) is 11.7. The molecule has 106 valence electrons. The van der Waals surface area contributed by atoms with E-state index in [9.17, 15) is 4.79 Å². The van der Waals surface area contributed by atoms with Crippen LogP contribution in [0.5, 0.6) is 0 Å². The second-order valence-corrected chi connectivity index (χ2v) is 6.51. The third-order valence-electron chi connectivity index (χ3n) is 3.30. The molecule has 0 aliphatic carbocycles. The second-order valence-electron chi connectivity index (χ2n) is 4.83. The first kappa shape index (κ1) is 14.1. The maximum Gasteiger partial charge on any atom is 0.285 e. The number of carbonyl (C=O) groups is 1. The Hall–Kier alpha value is -1.85. The van der Waals surface area contributed by atoms with Crippen LogP contribution in [-0.4, -0.2) is 14.9 Å². The number of aryl methyl sites for hydroxylation is 2. The summed E-state index contributed by atoms with van der Waals surface area (Å²) in [5.74, 6) is -0.0729. The van der Waals surface area contributed by atoms with Crippen molar-refractivity contribution >= 4 is 40.3 Å². The van der Waals surface area contributed by atoms with Gasteiger partial charge in [0.05, 0.1) is 4.91 Å². The smallest absolute Gasteiger partial charge is 0.266 e. The van der Waals surface area contributed by atoms with E-state index < -0.39 is 0 Å².